The average molecular weight is 646 g/mol. The van der Waals surface area contributed by atoms with Crippen LogP contribution in [-0.2, 0) is 22.6 Å². The van der Waals surface area contributed by atoms with E-state index in [0.717, 1.165) is 48.0 Å². The van der Waals surface area contributed by atoms with E-state index in [1.807, 2.05) is 19.1 Å². The molecule has 0 unspecified atom stereocenters. The minimum Gasteiger partial charge on any atom is -0.494 e. The van der Waals surface area contributed by atoms with Crippen molar-refractivity contribution < 1.29 is 26.3 Å². The fourth-order valence-corrected chi connectivity index (χ4v) is 5.62. The van der Waals surface area contributed by atoms with E-state index in [1.165, 1.54) is 38.7 Å². The van der Waals surface area contributed by atoms with Crippen molar-refractivity contribution in [1.82, 2.24) is 24.8 Å². The van der Waals surface area contributed by atoms with Crippen molar-refractivity contribution in [3.05, 3.63) is 54.0 Å². The van der Waals surface area contributed by atoms with Crippen LogP contribution in [0.5, 0.6) is 5.75 Å². The molecule has 1 aliphatic rings. The van der Waals surface area contributed by atoms with Gasteiger partial charge in [-0.25, -0.2) is 13.4 Å². The van der Waals surface area contributed by atoms with Crippen LogP contribution in [0.2, 0.25) is 0 Å². The van der Waals surface area contributed by atoms with Crippen molar-refractivity contribution in [2.75, 3.05) is 73.5 Å². The number of fused-ring (bicyclic) bond motifs is 1. The van der Waals surface area contributed by atoms with E-state index in [2.05, 4.69) is 47.4 Å². The standard InChI is InChI=1S/C29H34F3N9O3S/c1-6-18-15-22(24(44-4)16-23(18)41-13-11-39(2)12-14-41)37-28-35-17-19(29(30,31)32)27(38-28)36-21-8-7-20-25(34-10-9-33-20)26(21)40(3)45(5,42)43/h7-10,15-17H,6,11-14H2,1-5H3,(H2,35,36,37,38). The first-order valence-corrected chi connectivity index (χ1v) is 15.9. The molecule has 0 radical (unpaired) electrons. The zero-order chi connectivity index (χ0) is 32.5. The third-order valence-corrected chi connectivity index (χ3v) is 8.82. The lowest BCUT2D eigenvalue weighted by molar-refractivity contribution is -0.137. The van der Waals surface area contributed by atoms with Crippen LogP contribution >= 0.6 is 0 Å². The summed E-state index contributed by atoms with van der Waals surface area (Å²) in [6.07, 6.45) is 0.337. The van der Waals surface area contributed by atoms with Crippen LogP contribution < -0.4 is 24.6 Å². The number of sulfonamides is 1. The molecule has 0 aliphatic carbocycles. The van der Waals surface area contributed by atoms with E-state index in [1.54, 1.807) is 0 Å². The minimum absolute atomic E-state index is 0.0121. The summed E-state index contributed by atoms with van der Waals surface area (Å²) in [6.45, 7) is 5.58. The maximum Gasteiger partial charge on any atom is 0.421 e. The smallest absolute Gasteiger partial charge is 0.421 e. The molecule has 0 amide bonds. The number of ether oxygens (including phenoxy) is 1. The van der Waals surface area contributed by atoms with Crippen LogP contribution in [0.1, 0.15) is 18.1 Å². The Bertz CT molecular complexity index is 1810. The molecular formula is C29H34F3N9O3S. The van der Waals surface area contributed by atoms with Gasteiger partial charge in [0, 0.05) is 63.6 Å². The van der Waals surface area contributed by atoms with E-state index in [0.29, 0.717) is 29.6 Å². The number of methoxy groups -OCH3 is 1. The largest absolute Gasteiger partial charge is 0.494 e. The fraction of sp³-hybridized carbons (Fsp3) is 0.379. The Labute approximate surface area is 259 Å². The molecule has 1 saturated heterocycles. The maximum absolute atomic E-state index is 14.2. The van der Waals surface area contributed by atoms with E-state index in [4.69, 9.17) is 4.74 Å². The van der Waals surface area contributed by atoms with Crippen LogP contribution in [0.4, 0.5) is 47.7 Å². The van der Waals surface area contributed by atoms with Gasteiger partial charge in [0.05, 0.1) is 30.3 Å². The van der Waals surface area contributed by atoms with Gasteiger partial charge in [0.1, 0.15) is 28.3 Å². The molecule has 1 fully saturated rings. The summed E-state index contributed by atoms with van der Waals surface area (Å²) < 4.78 is 74.2. The Morgan fingerprint density at radius 3 is 2.38 bits per heavy atom. The lowest BCUT2D eigenvalue weighted by Gasteiger charge is -2.35. The number of piperazine rings is 1. The molecule has 240 valence electrons. The Balaban J connectivity index is 1.56. The van der Waals surface area contributed by atoms with Crippen LogP contribution in [0.25, 0.3) is 11.0 Å². The quantitative estimate of drug-likeness (QED) is 0.264. The first-order chi connectivity index (χ1) is 21.3. The summed E-state index contributed by atoms with van der Waals surface area (Å²) in [6, 6.07) is 6.76. The molecule has 3 heterocycles. The van der Waals surface area contributed by atoms with Gasteiger partial charge >= 0.3 is 6.18 Å². The first kappa shape index (κ1) is 32.0. The molecule has 2 N–H and O–H groups in total. The summed E-state index contributed by atoms with van der Waals surface area (Å²) in [5, 5.41) is 5.72. The van der Waals surface area contributed by atoms with Gasteiger partial charge in [0.15, 0.2) is 0 Å². The van der Waals surface area contributed by atoms with Gasteiger partial charge in [-0.1, -0.05) is 6.92 Å². The third-order valence-electron chi connectivity index (χ3n) is 7.65. The molecule has 2 aromatic heterocycles. The molecule has 0 atom stereocenters. The lowest BCUT2D eigenvalue weighted by atomic mass is 10.1. The number of aryl methyl sites for hydroxylation is 1. The number of nitrogens with one attached hydrogen (secondary N) is 2. The summed E-state index contributed by atoms with van der Waals surface area (Å²) >= 11 is 0. The second-order valence-corrected chi connectivity index (χ2v) is 12.7. The predicted molar refractivity (Wildman–Crippen MR) is 168 cm³/mol. The number of anilines is 6. The second-order valence-electron chi connectivity index (χ2n) is 10.6. The number of aromatic nitrogens is 4. The van der Waals surface area contributed by atoms with Crippen molar-refractivity contribution in [3.63, 3.8) is 0 Å². The summed E-state index contributed by atoms with van der Waals surface area (Å²) in [7, 11) is 1.04. The first-order valence-electron chi connectivity index (χ1n) is 14.1. The Kier molecular flexibility index (Phi) is 8.89. The van der Waals surface area contributed by atoms with Crippen LogP contribution in [0.3, 0.4) is 0 Å². The lowest BCUT2D eigenvalue weighted by Crippen LogP contribution is -2.44. The van der Waals surface area contributed by atoms with Gasteiger partial charge < -0.3 is 25.2 Å². The highest BCUT2D eigenvalue weighted by atomic mass is 32.2. The highest BCUT2D eigenvalue weighted by Crippen LogP contribution is 2.40. The van der Waals surface area contributed by atoms with Crippen LogP contribution in [-0.4, -0.2) is 86.9 Å². The van der Waals surface area contributed by atoms with Crippen molar-refractivity contribution >= 4 is 55.6 Å². The number of rotatable bonds is 9. The topological polar surface area (TPSA) is 129 Å². The second kappa shape index (κ2) is 12.5. The molecule has 0 spiro atoms. The Hall–Kier alpha value is -4.44. The average Bonchev–Trinajstić information content (AvgIpc) is 3.00. The van der Waals surface area contributed by atoms with Gasteiger partial charge in [-0.05, 0) is 37.2 Å². The molecule has 2 aromatic carbocycles. The third kappa shape index (κ3) is 6.81. The number of halogens is 3. The number of hydrogen-bond donors (Lipinski definition) is 2. The van der Waals surface area contributed by atoms with Crippen LogP contribution in [0, 0.1) is 0 Å². The molecule has 1 aliphatic heterocycles. The van der Waals surface area contributed by atoms with Gasteiger partial charge in [0.2, 0.25) is 16.0 Å². The molecule has 16 heteroatoms. The zero-order valence-electron chi connectivity index (χ0n) is 25.5. The van der Waals surface area contributed by atoms with Gasteiger partial charge in [-0.15, -0.1) is 0 Å². The molecule has 5 rings (SSSR count). The number of nitrogens with zero attached hydrogens (tertiary/aromatic N) is 7. The minimum atomic E-state index is -4.82. The SMILES string of the molecule is CCc1cc(Nc2ncc(C(F)(F)F)c(Nc3ccc4nccnc4c3N(C)S(C)(=O)=O)n2)c(OC)cc1N1CCN(C)CC1. The molecular weight excluding hydrogens is 611 g/mol. The highest BCUT2D eigenvalue weighted by molar-refractivity contribution is 7.92. The maximum atomic E-state index is 14.2. The van der Waals surface area contributed by atoms with Gasteiger partial charge in [-0.2, -0.15) is 18.2 Å². The van der Waals surface area contributed by atoms with E-state index in [9.17, 15) is 21.6 Å². The zero-order valence-corrected chi connectivity index (χ0v) is 26.3. The van der Waals surface area contributed by atoms with E-state index in [-0.39, 0.29) is 22.8 Å². The number of benzene rings is 2. The van der Waals surface area contributed by atoms with Crippen molar-refractivity contribution in [1.29, 1.82) is 0 Å². The Morgan fingerprint density at radius 1 is 1.02 bits per heavy atom. The summed E-state index contributed by atoms with van der Waals surface area (Å²) in [5.41, 5.74) is 1.96. The fourth-order valence-electron chi connectivity index (χ4n) is 5.11. The van der Waals surface area contributed by atoms with Crippen molar-refractivity contribution in [2.45, 2.75) is 19.5 Å². The number of likely N-dealkylation sites (N-methyl/N-ethyl adjacent to an activating group) is 1. The molecule has 12 nitrogen and oxygen atoms in total. The van der Waals surface area contributed by atoms with E-state index < -0.39 is 27.6 Å². The Morgan fingerprint density at radius 2 is 1.73 bits per heavy atom. The van der Waals surface area contributed by atoms with Gasteiger partial charge in [0.25, 0.3) is 0 Å². The molecule has 45 heavy (non-hydrogen) atoms. The van der Waals surface area contributed by atoms with Gasteiger partial charge in [-0.3, -0.25) is 14.3 Å². The number of hydrogen-bond acceptors (Lipinski definition) is 11. The van der Waals surface area contributed by atoms with E-state index >= 15 is 0 Å². The van der Waals surface area contributed by atoms with Crippen molar-refractivity contribution in [2.24, 2.45) is 0 Å². The summed E-state index contributed by atoms with van der Waals surface area (Å²) in [4.78, 5) is 21.2. The van der Waals surface area contributed by atoms with Crippen molar-refractivity contribution in [3.8, 4) is 5.75 Å². The molecule has 0 saturated carbocycles. The summed E-state index contributed by atoms with van der Waals surface area (Å²) in [5.74, 6) is -0.240. The normalized spacial score (nSPS) is 14.4. The molecule has 0 bridgehead atoms. The number of alkyl halides is 3. The highest BCUT2D eigenvalue weighted by Gasteiger charge is 2.36. The van der Waals surface area contributed by atoms with Crippen LogP contribution in [0.15, 0.2) is 42.9 Å². The molecule has 4 aromatic rings. The predicted octanol–water partition coefficient (Wildman–Crippen LogP) is 4.64. The monoisotopic (exact) mass is 645 g/mol.